The van der Waals surface area contributed by atoms with Crippen molar-refractivity contribution < 1.29 is 14.6 Å². The molecule has 0 saturated heterocycles. The van der Waals surface area contributed by atoms with E-state index in [2.05, 4.69) is 4.98 Å². The number of carboxylic acid groups (broad SMARTS) is 1. The van der Waals surface area contributed by atoms with Gasteiger partial charge in [-0.1, -0.05) is 0 Å². The summed E-state index contributed by atoms with van der Waals surface area (Å²) in [6, 6.07) is 4.80. The number of hydrogen-bond donors (Lipinski definition) is 1. The van der Waals surface area contributed by atoms with Gasteiger partial charge in [0.2, 0.25) is 0 Å². The molecule has 0 fully saturated rings. The second-order valence-electron chi connectivity index (χ2n) is 3.50. The van der Waals surface area contributed by atoms with Gasteiger partial charge in [0.05, 0.1) is 5.56 Å². The quantitative estimate of drug-likeness (QED) is 0.905. The molecule has 0 aliphatic rings. The molecule has 1 N–H and O–H groups in total. The van der Waals surface area contributed by atoms with Crippen LogP contribution in [0.4, 0.5) is 0 Å². The molecule has 1 heterocycles. The Balaban J connectivity index is 2.09. The van der Waals surface area contributed by atoms with E-state index in [9.17, 15) is 4.79 Å². The summed E-state index contributed by atoms with van der Waals surface area (Å²) >= 11 is 1.53. The maximum atomic E-state index is 10.8. The molecular formula is C12H11NO3S. The number of aromatic carboxylic acids is 1. The fourth-order valence-corrected chi connectivity index (χ4v) is 1.94. The second kappa shape index (κ2) is 4.97. The molecule has 0 spiro atoms. The normalized spacial score (nSPS) is 10.2. The van der Waals surface area contributed by atoms with Gasteiger partial charge in [-0.2, -0.15) is 0 Å². The number of rotatable bonds is 4. The highest BCUT2D eigenvalue weighted by molar-refractivity contribution is 7.09. The number of aromatic nitrogens is 1. The zero-order chi connectivity index (χ0) is 12.3. The van der Waals surface area contributed by atoms with Crippen LogP contribution in [0, 0.1) is 6.92 Å². The molecule has 0 bridgehead atoms. The van der Waals surface area contributed by atoms with Crippen molar-refractivity contribution in [3.8, 4) is 5.75 Å². The fraction of sp³-hybridized carbons (Fsp3) is 0.167. The van der Waals surface area contributed by atoms with Crippen LogP contribution in [0.2, 0.25) is 0 Å². The van der Waals surface area contributed by atoms with E-state index in [0.29, 0.717) is 12.4 Å². The van der Waals surface area contributed by atoms with E-state index in [1.807, 2.05) is 12.3 Å². The van der Waals surface area contributed by atoms with Crippen molar-refractivity contribution in [1.29, 1.82) is 0 Å². The minimum absolute atomic E-state index is 0.268. The van der Waals surface area contributed by atoms with Gasteiger partial charge in [0.1, 0.15) is 17.4 Å². The van der Waals surface area contributed by atoms with Crippen LogP contribution in [0.15, 0.2) is 29.8 Å². The molecule has 2 aromatic rings. The van der Waals surface area contributed by atoms with Gasteiger partial charge in [-0.15, -0.1) is 11.3 Å². The topological polar surface area (TPSA) is 59.4 Å². The Kier molecular flexibility index (Phi) is 3.39. The molecule has 0 unspecified atom stereocenters. The van der Waals surface area contributed by atoms with Crippen molar-refractivity contribution in [2.45, 2.75) is 13.5 Å². The Morgan fingerprint density at radius 1 is 1.53 bits per heavy atom. The van der Waals surface area contributed by atoms with Gasteiger partial charge < -0.3 is 9.84 Å². The first-order valence-corrected chi connectivity index (χ1v) is 5.90. The molecular weight excluding hydrogens is 238 g/mol. The lowest BCUT2D eigenvalue weighted by atomic mass is 10.1. The van der Waals surface area contributed by atoms with Crippen molar-refractivity contribution >= 4 is 17.3 Å². The highest BCUT2D eigenvalue weighted by atomic mass is 32.1. The lowest BCUT2D eigenvalue weighted by molar-refractivity contribution is 0.0696. The lowest BCUT2D eigenvalue weighted by Crippen LogP contribution is -2.00. The zero-order valence-corrected chi connectivity index (χ0v) is 10.0. The number of thiazole rings is 1. The third-order valence-corrected chi connectivity index (χ3v) is 3.01. The average Bonchev–Trinajstić information content (AvgIpc) is 2.80. The van der Waals surface area contributed by atoms with Crippen molar-refractivity contribution in [3.63, 3.8) is 0 Å². The summed E-state index contributed by atoms with van der Waals surface area (Å²) in [5, 5.41) is 11.6. The molecule has 1 aromatic heterocycles. The number of hydrogen-bond acceptors (Lipinski definition) is 4. The molecule has 0 saturated carbocycles. The van der Waals surface area contributed by atoms with E-state index in [4.69, 9.17) is 9.84 Å². The predicted octanol–water partition coefficient (Wildman–Crippen LogP) is 2.73. The molecule has 4 nitrogen and oxygen atoms in total. The van der Waals surface area contributed by atoms with E-state index in [-0.39, 0.29) is 5.56 Å². The molecule has 17 heavy (non-hydrogen) atoms. The third kappa shape index (κ3) is 2.82. The summed E-state index contributed by atoms with van der Waals surface area (Å²) in [4.78, 5) is 14.9. The predicted molar refractivity (Wildman–Crippen MR) is 64.6 cm³/mol. The first-order valence-electron chi connectivity index (χ1n) is 5.02. The number of aryl methyl sites for hydroxylation is 1. The molecule has 2 rings (SSSR count). The van der Waals surface area contributed by atoms with Crippen molar-refractivity contribution in [3.05, 3.63) is 45.9 Å². The monoisotopic (exact) mass is 249 g/mol. The summed E-state index contributed by atoms with van der Waals surface area (Å²) in [6.07, 6.45) is 1.73. The molecule has 0 radical (unpaired) electrons. The highest BCUT2D eigenvalue weighted by Crippen LogP contribution is 2.20. The van der Waals surface area contributed by atoms with Crippen LogP contribution >= 0.6 is 11.3 Å². The van der Waals surface area contributed by atoms with Crippen LogP contribution in [0.1, 0.15) is 20.9 Å². The lowest BCUT2D eigenvalue weighted by Gasteiger charge is -2.08. The summed E-state index contributed by atoms with van der Waals surface area (Å²) in [5.41, 5.74) is 1.07. The van der Waals surface area contributed by atoms with E-state index in [1.165, 1.54) is 17.4 Å². The highest BCUT2D eigenvalue weighted by Gasteiger charge is 2.07. The van der Waals surface area contributed by atoms with Gasteiger partial charge in [0.15, 0.2) is 0 Å². The SMILES string of the molecule is Cc1cc(C(=O)O)ccc1OCc1nccs1. The van der Waals surface area contributed by atoms with E-state index in [0.717, 1.165) is 10.6 Å². The maximum absolute atomic E-state index is 10.8. The van der Waals surface area contributed by atoms with Crippen molar-refractivity contribution in [1.82, 2.24) is 4.98 Å². The van der Waals surface area contributed by atoms with Crippen molar-refractivity contribution in [2.75, 3.05) is 0 Å². The fourth-order valence-electron chi connectivity index (χ4n) is 1.41. The largest absolute Gasteiger partial charge is 0.486 e. The Hall–Kier alpha value is -1.88. The second-order valence-corrected chi connectivity index (χ2v) is 4.48. The Morgan fingerprint density at radius 2 is 2.35 bits per heavy atom. The van der Waals surface area contributed by atoms with Gasteiger partial charge in [-0.25, -0.2) is 9.78 Å². The Bertz CT molecular complexity index is 523. The number of ether oxygens (including phenoxy) is 1. The van der Waals surface area contributed by atoms with Gasteiger partial charge in [0.25, 0.3) is 0 Å². The summed E-state index contributed by atoms with van der Waals surface area (Å²) in [7, 11) is 0. The van der Waals surface area contributed by atoms with Gasteiger partial charge in [0, 0.05) is 11.6 Å². The summed E-state index contributed by atoms with van der Waals surface area (Å²) in [5.74, 6) is -0.246. The first-order chi connectivity index (χ1) is 8.16. The minimum Gasteiger partial charge on any atom is -0.486 e. The van der Waals surface area contributed by atoms with Crippen LogP contribution < -0.4 is 4.74 Å². The zero-order valence-electron chi connectivity index (χ0n) is 9.21. The molecule has 0 aliphatic heterocycles. The number of benzene rings is 1. The summed E-state index contributed by atoms with van der Waals surface area (Å²) in [6.45, 7) is 2.23. The standard InChI is InChI=1S/C12H11NO3S/c1-8-6-9(12(14)15)2-3-10(8)16-7-11-13-4-5-17-11/h2-6H,7H2,1H3,(H,14,15). The van der Waals surface area contributed by atoms with E-state index in [1.54, 1.807) is 18.3 Å². The van der Waals surface area contributed by atoms with Crippen LogP contribution in [0.5, 0.6) is 5.75 Å². The van der Waals surface area contributed by atoms with Crippen molar-refractivity contribution in [2.24, 2.45) is 0 Å². The molecule has 0 aliphatic carbocycles. The average molecular weight is 249 g/mol. The van der Waals surface area contributed by atoms with Gasteiger partial charge >= 0.3 is 5.97 Å². The third-order valence-electron chi connectivity index (χ3n) is 2.26. The Labute approximate surface area is 103 Å². The number of carboxylic acids is 1. The molecule has 5 heteroatoms. The number of carbonyl (C=O) groups is 1. The molecule has 0 amide bonds. The van der Waals surface area contributed by atoms with E-state index < -0.39 is 5.97 Å². The summed E-state index contributed by atoms with van der Waals surface area (Å²) < 4.78 is 5.57. The maximum Gasteiger partial charge on any atom is 0.335 e. The van der Waals surface area contributed by atoms with Crippen LogP contribution in [0.25, 0.3) is 0 Å². The van der Waals surface area contributed by atoms with E-state index >= 15 is 0 Å². The van der Waals surface area contributed by atoms with Crippen LogP contribution in [-0.2, 0) is 6.61 Å². The van der Waals surface area contributed by atoms with Gasteiger partial charge in [-0.05, 0) is 30.7 Å². The molecule has 1 aromatic carbocycles. The Morgan fingerprint density at radius 3 is 2.94 bits per heavy atom. The first kappa shape index (κ1) is 11.6. The van der Waals surface area contributed by atoms with Crippen LogP contribution in [0.3, 0.4) is 0 Å². The van der Waals surface area contributed by atoms with Crippen LogP contribution in [-0.4, -0.2) is 16.1 Å². The molecule has 0 atom stereocenters. The van der Waals surface area contributed by atoms with Gasteiger partial charge in [-0.3, -0.25) is 0 Å². The molecule has 88 valence electrons. The number of nitrogens with zero attached hydrogens (tertiary/aromatic N) is 1. The minimum atomic E-state index is -0.931. The smallest absolute Gasteiger partial charge is 0.335 e.